The van der Waals surface area contributed by atoms with Gasteiger partial charge in [-0.05, 0) is 35.7 Å². The molecule has 0 aliphatic carbocycles. The Kier molecular flexibility index (Phi) is 4.49. The van der Waals surface area contributed by atoms with Crippen LogP contribution in [-0.4, -0.2) is 9.55 Å². The molecule has 0 atom stereocenters. The maximum atomic E-state index is 9.41. The fraction of sp³-hybridized carbons (Fsp3) is 0.130. The van der Waals surface area contributed by atoms with Crippen LogP contribution in [0.25, 0.3) is 11.0 Å². The third kappa shape index (κ3) is 3.22. The number of fused-ring (bicyclic) bond motifs is 1. The number of para-hydroxylation sites is 2. The third-order valence-corrected chi connectivity index (χ3v) is 4.68. The molecule has 0 amide bonds. The SMILES string of the molecule is N#Cc1ccccc1Cn1c(CCc2ccccc2)nc2ccccc21. The first-order valence-electron chi connectivity index (χ1n) is 8.81. The van der Waals surface area contributed by atoms with E-state index in [1.807, 2.05) is 48.5 Å². The van der Waals surface area contributed by atoms with Crippen LogP contribution < -0.4 is 0 Å². The van der Waals surface area contributed by atoms with Gasteiger partial charge in [0.25, 0.3) is 0 Å². The first-order valence-corrected chi connectivity index (χ1v) is 8.81. The third-order valence-electron chi connectivity index (χ3n) is 4.68. The summed E-state index contributed by atoms with van der Waals surface area (Å²) in [7, 11) is 0. The predicted molar refractivity (Wildman–Crippen MR) is 104 cm³/mol. The fourth-order valence-corrected chi connectivity index (χ4v) is 3.33. The van der Waals surface area contributed by atoms with E-state index in [4.69, 9.17) is 4.98 Å². The van der Waals surface area contributed by atoms with Gasteiger partial charge in [-0.15, -0.1) is 0 Å². The first kappa shape index (κ1) is 16.1. The quantitative estimate of drug-likeness (QED) is 0.528. The lowest BCUT2D eigenvalue weighted by atomic mass is 10.1. The van der Waals surface area contributed by atoms with Crippen molar-refractivity contribution >= 4 is 11.0 Å². The van der Waals surface area contributed by atoms with Gasteiger partial charge in [0, 0.05) is 6.42 Å². The zero-order chi connectivity index (χ0) is 17.8. The van der Waals surface area contributed by atoms with E-state index in [1.165, 1.54) is 5.56 Å². The Morgan fingerprint density at radius 3 is 2.38 bits per heavy atom. The molecule has 0 aliphatic rings. The predicted octanol–water partition coefficient (Wildman–Crippen LogP) is 4.74. The summed E-state index contributed by atoms with van der Waals surface area (Å²) in [5.74, 6) is 1.06. The van der Waals surface area contributed by atoms with Crippen LogP contribution in [0.5, 0.6) is 0 Å². The van der Waals surface area contributed by atoms with E-state index >= 15 is 0 Å². The molecule has 0 fully saturated rings. The van der Waals surface area contributed by atoms with Gasteiger partial charge in [0.1, 0.15) is 5.82 Å². The topological polar surface area (TPSA) is 41.6 Å². The minimum Gasteiger partial charge on any atom is -0.323 e. The number of hydrogen-bond donors (Lipinski definition) is 0. The van der Waals surface area contributed by atoms with Crippen molar-refractivity contribution in [1.82, 2.24) is 9.55 Å². The Hall–Kier alpha value is -3.38. The van der Waals surface area contributed by atoms with E-state index in [9.17, 15) is 5.26 Å². The van der Waals surface area contributed by atoms with Gasteiger partial charge in [-0.25, -0.2) is 4.98 Å². The van der Waals surface area contributed by atoms with Crippen molar-refractivity contribution in [2.24, 2.45) is 0 Å². The van der Waals surface area contributed by atoms with E-state index in [0.29, 0.717) is 6.54 Å². The van der Waals surface area contributed by atoms with E-state index in [1.54, 1.807) is 0 Å². The highest BCUT2D eigenvalue weighted by molar-refractivity contribution is 5.76. The Morgan fingerprint density at radius 2 is 1.54 bits per heavy atom. The average Bonchev–Trinajstić information content (AvgIpc) is 3.05. The average molecular weight is 337 g/mol. The molecule has 0 bridgehead atoms. The number of benzene rings is 3. The van der Waals surface area contributed by atoms with Crippen LogP contribution in [-0.2, 0) is 19.4 Å². The van der Waals surface area contributed by atoms with E-state index in [0.717, 1.165) is 40.8 Å². The Labute approximate surface area is 153 Å². The van der Waals surface area contributed by atoms with Gasteiger partial charge in [-0.2, -0.15) is 5.26 Å². The molecule has 0 radical (unpaired) electrons. The molecule has 0 saturated heterocycles. The lowest BCUT2D eigenvalue weighted by Gasteiger charge is -2.11. The molecule has 0 spiro atoms. The summed E-state index contributed by atoms with van der Waals surface area (Å²) in [5, 5.41) is 9.41. The molecule has 0 N–H and O–H groups in total. The second kappa shape index (κ2) is 7.25. The molecule has 4 rings (SSSR count). The minimum absolute atomic E-state index is 0.661. The maximum Gasteiger partial charge on any atom is 0.110 e. The first-order chi connectivity index (χ1) is 12.8. The smallest absolute Gasteiger partial charge is 0.110 e. The molecule has 1 aromatic heterocycles. The molecular weight excluding hydrogens is 318 g/mol. The van der Waals surface area contributed by atoms with Gasteiger partial charge in [-0.3, -0.25) is 0 Å². The summed E-state index contributed by atoms with van der Waals surface area (Å²) in [6.45, 7) is 0.661. The summed E-state index contributed by atoms with van der Waals surface area (Å²) in [5.41, 5.74) is 5.18. The van der Waals surface area contributed by atoms with Crippen LogP contribution in [0, 0.1) is 11.3 Å². The molecule has 26 heavy (non-hydrogen) atoms. The normalized spacial score (nSPS) is 10.7. The van der Waals surface area contributed by atoms with Crippen LogP contribution >= 0.6 is 0 Å². The van der Waals surface area contributed by atoms with Crippen molar-refractivity contribution in [3.05, 3.63) is 101 Å². The Bertz CT molecular complexity index is 1070. The number of aryl methyl sites for hydroxylation is 2. The van der Waals surface area contributed by atoms with Crippen molar-refractivity contribution in [1.29, 1.82) is 5.26 Å². The second-order valence-electron chi connectivity index (χ2n) is 6.36. The van der Waals surface area contributed by atoms with Gasteiger partial charge in [0.15, 0.2) is 0 Å². The number of hydrogen-bond acceptors (Lipinski definition) is 2. The molecule has 126 valence electrons. The molecule has 0 unspecified atom stereocenters. The molecule has 1 heterocycles. The fourth-order valence-electron chi connectivity index (χ4n) is 3.33. The van der Waals surface area contributed by atoms with Crippen LogP contribution in [0.2, 0.25) is 0 Å². The van der Waals surface area contributed by atoms with Crippen LogP contribution in [0.4, 0.5) is 0 Å². The molecule has 4 aromatic rings. The van der Waals surface area contributed by atoms with E-state index in [-0.39, 0.29) is 0 Å². The molecule has 3 nitrogen and oxygen atoms in total. The molecule has 0 aliphatic heterocycles. The summed E-state index contributed by atoms with van der Waals surface area (Å²) in [4.78, 5) is 4.86. The molecule has 0 saturated carbocycles. The minimum atomic E-state index is 0.661. The van der Waals surface area contributed by atoms with Crippen molar-refractivity contribution in [2.75, 3.05) is 0 Å². The Morgan fingerprint density at radius 1 is 0.808 bits per heavy atom. The van der Waals surface area contributed by atoms with Crippen molar-refractivity contribution in [2.45, 2.75) is 19.4 Å². The van der Waals surface area contributed by atoms with Crippen molar-refractivity contribution in [3.63, 3.8) is 0 Å². The van der Waals surface area contributed by atoms with Crippen LogP contribution in [0.3, 0.4) is 0 Å². The van der Waals surface area contributed by atoms with Crippen LogP contribution in [0.1, 0.15) is 22.5 Å². The van der Waals surface area contributed by atoms with Crippen molar-refractivity contribution in [3.8, 4) is 6.07 Å². The number of imidazole rings is 1. The summed E-state index contributed by atoms with van der Waals surface area (Å²) in [6, 6.07) is 28.8. The van der Waals surface area contributed by atoms with E-state index in [2.05, 4.69) is 41.0 Å². The molecule has 3 heteroatoms. The lowest BCUT2D eigenvalue weighted by Crippen LogP contribution is -2.07. The van der Waals surface area contributed by atoms with Gasteiger partial charge in [0.05, 0.1) is 29.2 Å². The summed E-state index contributed by atoms with van der Waals surface area (Å²) in [6.07, 6.45) is 1.82. The Balaban J connectivity index is 1.71. The van der Waals surface area contributed by atoms with Gasteiger partial charge < -0.3 is 4.57 Å². The lowest BCUT2D eigenvalue weighted by molar-refractivity contribution is 0.729. The maximum absolute atomic E-state index is 9.41. The van der Waals surface area contributed by atoms with E-state index < -0.39 is 0 Å². The highest BCUT2D eigenvalue weighted by Gasteiger charge is 2.12. The van der Waals surface area contributed by atoms with Crippen molar-refractivity contribution < 1.29 is 0 Å². The second-order valence-corrected chi connectivity index (χ2v) is 6.36. The number of rotatable bonds is 5. The largest absolute Gasteiger partial charge is 0.323 e. The summed E-state index contributed by atoms with van der Waals surface area (Å²) < 4.78 is 2.24. The van der Waals surface area contributed by atoms with Gasteiger partial charge in [0.2, 0.25) is 0 Å². The summed E-state index contributed by atoms with van der Waals surface area (Å²) >= 11 is 0. The van der Waals surface area contributed by atoms with Gasteiger partial charge in [-0.1, -0.05) is 60.7 Å². The highest BCUT2D eigenvalue weighted by Crippen LogP contribution is 2.20. The van der Waals surface area contributed by atoms with Crippen LogP contribution in [0.15, 0.2) is 78.9 Å². The van der Waals surface area contributed by atoms with Gasteiger partial charge >= 0.3 is 0 Å². The highest BCUT2D eigenvalue weighted by atomic mass is 15.1. The number of nitriles is 1. The standard InChI is InChI=1S/C23H19N3/c24-16-19-10-4-5-11-20(19)17-26-22-13-7-6-12-21(22)25-23(26)15-14-18-8-2-1-3-9-18/h1-13H,14-15,17H2. The molecule has 3 aromatic carbocycles. The zero-order valence-electron chi connectivity index (χ0n) is 14.5. The number of aromatic nitrogens is 2. The number of nitrogens with zero attached hydrogens (tertiary/aromatic N) is 3. The molecular formula is C23H19N3. The zero-order valence-corrected chi connectivity index (χ0v) is 14.5. The monoisotopic (exact) mass is 337 g/mol.